The SMILES string of the molecule is CC(O)c1cc[cH-]c1. The highest BCUT2D eigenvalue weighted by molar-refractivity contribution is 5.17. The molecule has 8 heavy (non-hydrogen) atoms. The Labute approximate surface area is 48.9 Å². The van der Waals surface area contributed by atoms with E-state index in [1.54, 1.807) is 6.92 Å². The highest BCUT2D eigenvalue weighted by atomic mass is 16.3. The minimum absolute atomic E-state index is 0.315. The molecule has 0 spiro atoms. The molecule has 1 aromatic rings. The summed E-state index contributed by atoms with van der Waals surface area (Å²) in [5.74, 6) is 0. The summed E-state index contributed by atoms with van der Waals surface area (Å²) in [6, 6.07) is 7.65. The Morgan fingerprint density at radius 3 is 2.75 bits per heavy atom. The molecule has 1 atom stereocenters. The Morgan fingerprint density at radius 2 is 2.50 bits per heavy atom. The van der Waals surface area contributed by atoms with E-state index in [9.17, 15) is 0 Å². The number of rotatable bonds is 1. The summed E-state index contributed by atoms with van der Waals surface area (Å²) in [5.41, 5.74) is 0.991. The van der Waals surface area contributed by atoms with Crippen molar-refractivity contribution >= 4 is 0 Å². The van der Waals surface area contributed by atoms with Crippen molar-refractivity contribution in [3.05, 3.63) is 29.8 Å². The average molecular weight is 109 g/mol. The summed E-state index contributed by atoms with van der Waals surface area (Å²) in [6.07, 6.45) is -0.315. The molecule has 1 unspecified atom stereocenters. The minimum Gasteiger partial charge on any atom is -0.402 e. The second kappa shape index (κ2) is 2.05. The Bertz CT molecular complexity index is 139. The topological polar surface area (TPSA) is 20.2 Å². The molecule has 1 aromatic carbocycles. The van der Waals surface area contributed by atoms with E-state index in [0.717, 1.165) is 5.56 Å². The second-order valence-electron chi connectivity index (χ2n) is 1.89. The molecule has 0 bridgehead atoms. The first-order valence-corrected chi connectivity index (χ1v) is 2.70. The molecule has 0 saturated heterocycles. The first-order chi connectivity index (χ1) is 3.80. The largest absolute Gasteiger partial charge is 0.402 e. The molecule has 0 heterocycles. The number of aliphatic hydroxyl groups excluding tert-OH is 1. The molecule has 1 heteroatoms. The van der Waals surface area contributed by atoms with Crippen LogP contribution in [0.25, 0.3) is 0 Å². The van der Waals surface area contributed by atoms with Gasteiger partial charge in [0.05, 0.1) is 0 Å². The van der Waals surface area contributed by atoms with Crippen molar-refractivity contribution in [3.63, 3.8) is 0 Å². The van der Waals surface area contributed by atoms with Crippen LogP contribution >= 0.6 is 0 Å². The van der Waals surface area contributed by atoms with Gasteiger partial charge in [-0.25, -0.2) is 6.07 Å². The van der Waals surface area contributed by atoms with Crippen LogP contribution in [0.5, 0.6) is 0 Å². The first kappa shape index (κ1) is 5.45. The summed E-state index contributed by atoms with van der Waals surface area (Å²) in [5, 5.41) is 8.91. The molecular weight excluding hydrogens is 100 g/mol. The van der Waals surface area contributed by atoms with E-state index in [4.69, 9.17) is 5.11 Å². The van der Waals surface area contributed by atoms with E-state index >= 15 is 0 Å². The molecule has 44 valence electrons. The van der Waals surface area contributed by atoms with Crippen molar-refractivity contribution < 1.29 is 5.11 Å². The number of hydrogen-bond acceptors (Lipinski definition) is 1. The average Bonchev–Trinajstić information content (AvgIpc) is 2.12. The molecule has 0 aliphatic heterocycles. The molecule has 0 fully saturated rings. The van der Waals surface area contributed by atoms with Gasteiger partial charge in [0.25, 0.3) is 0 Å². The van der Waals surface area contributed by atoms with Gasteiger partial charge in [0.1, 0.15) is 0 Å². The Balaban J connectivity index is 2.77. The van der Waals surface area contributed by atoms with Crippen LogP contribution in [0, 0.1) is 0 Å². The van der Waals surface area contributed by atoms with Crippen LogP contribution in [0.3, 0.4) is 0 Å². The smallest absolute Gasteiger partial charge is 0.0225 e. The van der Waals surface area contributed by atoms with E-state index in [1.165, 1.54) is 0 Å². The Kier molecular flexibility index (Phi) is 1.40. The van der Waals surface area contributed by atoms with Crippen LogP contribution in [0.4, 0.5) is 0 Å². The predicted molar refractivity (Wildman–Crippen MR) is 32.7 cm³/mol. The number of hydrogen-bond donors (Lipinski definition) is 1. The lowest BCUT2D eigenvalue weighted by Crippen LogP contribution is -1.84. The monoisotopic (exact) mass is 109 g/mol. The lowest BCUT2D eigenvalue weighted by Gasteiger charge is -2.04. The Hall–Kier alpha value is -0.690. The van der Waals surface area contributed by atoms with Crippen molar-refractivity contribution in [3.8, 4) is 0 Å². The quantitative estimate of drug-likeness (QED) is 0.541. The second-order valence-corrected chi connectivity index (χ2v) is 1.89. The van der Waals surface area contributed by atoms with E-state index in [0.29, 0.717) is 0 Å². The third kappa shape index (κ3) is 0.928. The molecule has 0 aromatic heterocycles. The van der Waals surface area contributed by atoms with Crippen LogP contribution in [-0.2, 0) is 0 Å². The zero-order chi connectivity index (χ0) is 5.98. The van der Waals surface area contributed by atoms with E-state index in [2.05, 4.69) is 0 Å². The van der Waals surface area contributed by atoms with Crippen molar-refractivity contribution in [2.75, 3.05) is 0 Å². The van der Waals surface area contributed by atoms with Crippen LogP contribution in [0.15, 0.2) is 24.3 Å². The van der Waals surface area contributed by atoms with Gasteiger partial charge in [-0.1, -0.05) is 0 Å². The summed E-state index contributed by atoms with van der Waals surface area (Å²) >= 11 is 0. The third-order valence-corrected chi connectivity index (χ3v) is 1.17. The fraction of sp³-hybridized carbons (Fsp3) is 0.286. The van der Waals surface area contributed by atoms with Gasteiger partial charge in [0, 0.05) is 6.10 Å². The van der Waals surface area contributed by atoms with Gasteiger partial charge in [0.15, 0.2) is 0 Å². The van der Waals surface area contributed by atoms with Crippen molar-refractivity contribution in [1.29, 1.82) is 0 Å². The number of aliphatic hydroxyl groups is 1. The minimum atomic E-state index is -0.315. The zero-order valence-electron chi connectivity index (χ0n) is 4.83. The first-order valence-electron chi connectivity index (χ1n) is 2.70. The summed E-state index contributed by atoms with van der Waals surface area (Å²) in [4.78, 5) is 0. The van der Waals surface area contributed by atoms with Gasteiger partial charge < -0.3 is 5.11 Å². The van der Waals surface area contributed by atoms with Gasteiger partial charge in [0.2, 0.25) is 0 Å². The fourth-order valence-electron chi connectivity index (χ4n) is 0.667. The van der Waals surface area contributed by atoms with Gasteiger partial charge in [-0.05, 0) is 6.92 Å². The molecule has 1 nitrogen and oxygen atoms in total. The van der Waals surface area contributed by atoms with Crippen LogP contribution in [0.2, 0.25) is 0 Å². The van der Waals surface area contributed by atoms with Gasteiger partial charge >= 0.3 is 0 Å². The maximum absolute atomic E-state index is 8.91. The van der Waals surface area contributed by atoms with Gasteiger partial charge in [-0.15, -0.1) is 0 Å². The molecule has 1 rings (SSSR count). The van der Waals surface area contributed by atoms with Crippen molar-refractivity contribution in [1.82, 2.24) is 0 Å². The summed E-state index contributed by atoms with van der Waals surface area (Å²) < 4.78 is 0. The van der Waals surface area contributed by atoms with E-state index < -0.39 is 0 Å². The van der Waals surface area contributed by atoms with Crippen molar-refractivity contribution in [2.24, 2.45) is 0 Å². The molecule has 0 saturated carbocycles. The fourth-order valence-corrected chi connectivity index (χ4v) is 0.667. The highest BCUT2D eigenvalue weighted by Crippen LogP contribution is 2.10. The third-order valence-electron chi connectivity index (χ3n) is 1.17. The maximum Gasteiger partial charge on any atom is 0.0225 e. The van der Waals surface area contributed by atoms with E-state index in [-0.39, 0.29) is 6.10 Å². The zero-order valence-corrected chi connectivity index (χ0v) is 4.83. The van der Waals surface area contributed by atoms with E-state index in [1.807, 2.05) is 24.3 Å². The maximum atomic E-state index is 8.91. The molecular formula is C7H9O-. The lowest BCUT2D eigenvalue weighted by atomic mass is 10.2. The Morgan fingerprint density at radius 1 is 1.75 bits per heavy atom. The highest BCUT2D eigenvalue weighted by Gasteiger charge is 1.86. The van der Waals surface area contributed by atoms with Gasteiger partial charge in [-0.3, -0.25) is 0 Å². The summed E-state index contributed by atoms with van der Waals surface area (Å²) in [6.45, 7) is 1.76. The molecule has 0 aliphatic carbocycles. The lowest BCUT2D eigenvalue weighted by molar-refractivity contribution is 0.199. The van der Waals surface area contributed by atoms with Crippen LogP contribution < -0.4 is 0 Å². The predicted octanol–water partition coefficient (Wildman–Crippen LogP) is 1.46. The summed E-state index contributed by atoms with van der Waals surface area (Å²) in [7, 11) is 0. The van der Waals surface area contributed by atoms with Crippen molar-refractivity contribution in [2.45, 2.75) is 13.0 Å². The standard InChI is InChI=1S/C7H9O/c1-6(8)7-4-2-3-5-7/h2-6,8H,1H3/q-1. The molecule has 0 radical (unpaired) electrons. The molecule has 0 amide bonds. The normalized spacial score (nSPS) is 13.8. The molecule has 0 aliphatic rings. The van der Waals surface area contributed by atoms with Crippen LogP contribution in [0.1, 0.15) is 18.6 Å². The van der Waals surface area contributed by atoms with Crippen LogP contribution in [-0.4, -0.2) is 5.11 Å². The molecule has 1 N–H and O–H groups in total. The van der Waals surface area contributed by atoms with Gasteiger partial charge in [-0.2, -0.15) is 23.8 Å².